The average Bonchev–Trinajstić information content (AvgIpc) is 2.39. The van der Waals surface area contributed by atoms with E-state index in [1.807, 2.05) is 19.2 Å². The number of aromatic nitrogens is 1. The lowest BCUT2D eigenvalue weighted by Crippen LogP contribution is -2.20. The van der Waals surface area contributed by atoms with Crippen LogP contribution in [-0.4, -0.2) is 4.98 Å². The maximum absolute atomic E-state index is 6.10. The molecule has 1 atom stereocenters. The molecule has 0 fully saturated rings. The van der Waals surface area contributed by atoms with Gasteiger partial charge in [-0.1, -0.05) is 12.6 Å². The van der Waals surface area contributed by atoms with Gasteiger partial charge in [0.2, 0.25) is 0 Å². The minimum atomic E-state index is 0.606. The molecule has 0 spiro atoms. The largest absolute Gasteiger partial charge is 0.401 e. The Morgan fingerprint density at radius 3 is 3.28 bits per heavy atom. The highest BCUT2D eigenvalue weighted by Gasteiger charge is 2.20. The van der Waals surface area contributed by atoms with Gasteiger partial charge in [0.1, 0.15) is 0 Å². The van der Waals surface area contributed by atoms with Crippen molar-refractivity contribution in [2.45, 2.75) is 32.6 Å². The van der Waals surface area contributed by atoms with Crippen molar-refractivity contribution >= 4 is 0 Å². The Morgan fingerprint density at radius 2 is 2.50 bits per heavy atom. The zero-order valence-corrected chi connectivity index (χ0v) is 10.9. The molecule has 3 N–H and O–H groups in total. The van der Waals surface area contributed by atoms with Crippen LogP contribution in [0.3, 0.4) is 0 Å². The molecular formula is C15H21N3. The lowest BCUT2D eigenvalue weighted by atomic mass is 9.84. The van der Waals surface area contributed by atoms with Gasteiger partial charge in [0.05, 0.1) is 0 Å². The molecule has 0 radical (unpaired) electrons. The molecule has 0 bridgehead atoms. The first-order chi connectivity index (χ1) is 8.70. The van der Waals surface area contributed by atoms with Crippen LogP contribution in [0.1, 0.15) is 31.0 Å². The van der Waals surface area contributed by atoms with Crippen molar-refractivity contribution in [2.24, 2.45) is 11.7 Å². The van der Waals surface area contributed by atoms with Gasteiger partial charge in [0.15, 0.2) is 0 Å². The molecule has 0 amide bonds. The number of nitrogens with one attached hydrogen (secondary N) is 1. The van der Waals surface area contributed by atoms with Gasteiger partial charge in [-0.25, -0.2) is 0 Å². The SMILES string of the molecule is C=CN/C(C)=C(\N)CC1CCc2cccnc2C1. The summed E-state index contributed by atoms with van der Waals surface area (Å²) < 4.78 is 0. The van der Waals surface area contributed by atoms with Crippen LogP contribution in [0.25, 0.3) is 0 Å². The lowest BCUT2D eigenvalue weighted by molar-refractivity contribution is 0.444. The van der Waals surface area contributed by atoms with Gasteiger partial charge in [0.25, 0.3) is 0 Å². The van der Waals surface area contributed by atoms with Crippen LogP contribution in [-0.2, 0) is 12.8 Å². The molecule has 96 valence electrons. The smallest absolute Gasteiger partial charge is 0.0438 e. The number of rotatable bonds is 4. The van der Waals surface area contributed by atoms with Gasteiger partial charge in [-0.2, -0.15) is 0 Å². The van der Waals surface area contributed by atoms with Crippen LogP contribution in [0.5, 0.6) is 0 Å². The van der Waals surface area contributed by atoms with Gasteiger partial charge < -0.3 is 11.1 Å². The van der Waals surface area contributed by atoms with E-state index in [1.54, 1.807) is 6.20 Å². The Labute approximate surface area is 109 Å². The summed E-state index contributed by atoms with van der Waals surface area (Å²) in [4.78, 5) is 4.47. The first-order valence-corrected chi connectivity index (χ1v) is 6.46. The quantitative estimate of drug-likeness (QED) is 0.854. The maximum Gasteiger partial charge on any atom is 0.0438 e. The highest BCUT2D eigenvalue weighted by Crippen LogP contribution is 2.27. The van der Waals surface area contributed by atoms with Crippen LogP contribution >= 0.6 is 0 Å². The summed E-state index contributed by atoms with van der Waals surface area (Å²) >= 11 is 0. The monoisotopic (exact) mass is 243 g/mol. The van der Waals surface area contributed by atoms with Gasteiger partial charge in [0, 0.05) is 23.3 Å². The van der Waals surface area contributed by atoms with Crippen molar-refractivity contribution in [1.29, 1.82) is 0 Å². The second-order valence-electron chi connectivity index (χ2n) is 4.92. The predicted molar refractivity (Wildman–Crippen MR) is 74.6 cm³/mol. The van der Waals surface area contributed by atoms with Crippen LogP contribution in [0.15, 0.2) is 42.5 Å². The zero-order valence-electron chi connectivity index (χ0n) is 10.9. The van der Waals surface area contributed by atoms with Crippen LogP contribution in [0.4, 0.5) is 0 Å². The summed E-state index contributed by atoms with van der Waals surface area (Å²) in [5, 5.41) is 3.06. The van der Waals surface area contributed by atoms with Crippen molar-refractivity contribution in [3.05, 3.63) is 53.8 Å². The van der Waals surface area contributed by atoms with E-state index in [1.165, 1.54) is 17.7 Å². The Hall–Kier alpha value is -1.77. The fraction of sp³-hybridized carbons (Fsp3) is 0.400. The van der Waals surface area contributed by atoms with Crippen LogP contribution < -0.4 is 11.1 Å². The molecule has 0 aliphatic heterocycles. The summed E-state index contributed by atoms with van der Waals surface area (Å²) in [6, 6.07) is 4.20. The fourth-order valence-corrected chi connectivity index (χ4v) is 2.50. The maximum atomic E-state index is 6.10. The highest BCUT2D eigenvalue weighted by molar-refractivity contribution is 5.23. The van der Waals surface area contributed by atoms with E-state index in [0.717, 1.165) is 30.7 Å². The number of nitrogens with two attached hydrogens (primary N) is 1. The van der Waals surface area contributed by atoms with Crippen LogP contribution in [0.2, 0.25) is 0 Å². The Morgan fingerprint density at radius 1 is 1.67 bits per heavy atom. The number of allylic oxidation sites excluding steroid dienone is 2. The zero-order chi connectivity index (χ0) is 13.0. The predicted octanol–water partition coefficient (Wildman–Crippen LogP) is 2.50. The molecule has 3 nitrogen and oxygen atoms in total. The molecule has 1 aromatic heterocycles. The molecule has 18 heavy (non-hydrogen) atoms. The normalized spacial score (nSPS) is 19.7. The summed E-state index contributed by atoms with van der Waals surface area (Å²) in [6.45, 7) is 5.64. The summed E-state index contributed by atoms with van der Waals surface area (Å²) in [7, 11) is 0. The second kappa shape index (κ2) is 5.71. The van der Waals surface area contributed by atoms with E-state index in [9.17, 15) is 0 Å². The van der Waals surface area contributed by atoms with E-state index in [4.69, 9.17) is 5.73 Å². The number of fused-ring (bicyclic) bond motifs is 1. The molecule has 0 aromatic carbocycles. The summed E-state index contributed by atoms with van der Waals surface area (Å²) in [5.74, 6) is 0.606. The van der Waals surface area contributed by atoms with Crippen LogP contribution in [0, 0.1) is 5.92 Å². The number of pyridine rings is 1. The van der Waals surface area contributed by atoms with Gasteiger partial charge in [-0.05, 0) is 56.4 Å². The number of hydrogen-bond donors (Lipinski definition) is 2. The fourth-order valence-electron chi connectivity index (χ4n) is 2.50. The molecule has 3 heteroatoms. The number of nitrogens with zero attached hydrogens (tertiary/aromatic N) is 1. The van der Waals surface area contributed by atoms with Gasteiger partial charge in [-0.3, -0.25) is 4.98 Å². The van der Waals surface area contributed by atoms with E-state index in [0.29, 0.717) is 5.92 Å². The molecule has 1 aliphatic carbocycles. The topological polar surface area (TPSA) is 50.9 Å². The third-order valence-corrected chi connectivity index (χ3v) is 3.60. The summed E-state index contributed by atoms with van der Waals surface area (Å²) in [5.41, 5.74) is 10.7. The minimum absolute atomic E-state index is 0.606. The Bertz CT molecular complexity index is 463. The van der Waals surface area contributed by atoms with Crippen molar-refractivity contribution in [2.75, 3.05) is 0 Å². The molecule has 2 rings (SSSR count). The second-order valence-corrected chi connectivity index (χ2v) is 4.92. The standard InChI is InChI=1S/C15H21N3/c1-3-17-11(2)14(16)9-12-6-7-13-5-4-8-18-15(13)10-12/h3-5,8,12,17H,1,6-7,9-10,16H2,2H3/b14-11-. The van der Waals surface area contributed by atoms with E-state index >= 15 is 0 Å². The molecule has 0 saturated heterocycles. The first kappa shape index (κ1) is 12.7. The Kier molecular flexibility index (Phi) is 4.03. The summed E-state index contributed by atoms with van der Waals surface area (Å²) in [6.07, 6.45) is 7.83. The molecule has 1 aromatic rings. The van der Waals surface area contributed by atoms with Crippen molar-refractivity contribution < 1.29 is 0 Å². The minimum Gasteiger partial charge on any atom is -0.401 e. The lowest BCUT2D eigenvalue weighted by Gasteiger charge is -2.24. The van der Waals surface area contributed by atoms with Crippen molar-refractivity contribution in [3.63, 3.8) is 0 Å². The van der Waals surface area contributed by atoms with E-state index in [2.05, 4.69) is 22.9 Å². The van der Waals surface area contributed by atoms with Crippen molar-refractivity contribution in [3.8, 4) is 0 Å². The highest BCUT2D eigenvalue weighted by atomic mass is 14.9. The van der Waals surface area contributed by atoms with E-state index < -0.39 is 0 Å². The Balaban J connectivity index is 2.02. The number of hydrogen-bond acceptors (Lipinski definition) is 3. The molecule has 0 saturated carbocycles. The molecule has 1 heterocycles. The average molecular weight is 243 g/mol. The van der Waals surface area contributed by atoms with E-state index in [-0.39, 0.29) is 0 Å². The first-order valence-electron chi connectivity index (χ1n) is 6.46. The molecular weight excluding hydrogens is 222 g/mol. The van der Waals surface area contributed by atoms with Crippen molar-refractivity contribution in [1.82, 2.24) is 10.3 Å². The third kappa shape index (κ3) is 2.92. The van der Waals surface area contributed by atoms with Gasteiger partial charge in [-0.15, -0.1) is 0 Å². The van der Waals surface area contributed by atoms with Gasteiger partial charge >= 0.3 is 0 Å². The molecule has 1 aliphatic rings. The molecule has 1 unspecified atom stereocenters. The third-order valence-electron chi connectivity index (χ3n) is 3.60. The number of aryl methyl sites for hydroxylation is 1.